The summed E-state index contributed by atoms with van der Waals surface area (Å²) in [5, 5.41) is 7.79. The molecule has 1 nitrogen and oxygen atoms in total. The minimum Gasteiger partial charge on any atom is -0.309 e. The predicted molar refractivity (Wildman–Crippen MR) is 212 cm³/mol. The molecule has 0 bridgehead atoms. The average Bonchev–Trinajstić information content (AvgIpc) is 3.64. The van der Waals surface area contributed by atoms with E-state index in [1.165, 1.54) is 80.8 Å². The van der Waals surface area contributed by atoms with E-state index in [0.717, 1.165) is 11.4 Å². The highest BCUT2D eigenvalue weighted by Crippen LogP contribution is 2.52. The molecule has 0 atom stereocenters. The molecule has 0 saturated carbocycles. The highest BCUT2D eigenvalue weighted by molar-refractivity contribution is 7.26. The number of thiophene rings is 1. The van der Waals surface area contributed by atoms with Gasteiger partial charge in [-0.3, -0.25) is 0 Å². The number of para-hydroxylation sites is 1. The Morgan fingerprint density at radius 2 is 1.14 bits per heavy atom. The Bertz CT molecular complexity index is 2750. The molecule has 9 aromatic rings. The number of nitrogens with zero attached hydrogens (tertiary/aromatic N) is 1. The summed E-state index contributed by atoms with van der Waals surface area (Å²) in [6, 6.07) is 60.6. The number of hydrogen-bond acceptors (Lipinski definition) is 2. The Morgan fingerprint density at radius 1 is 0.469 bits per heavy atom. The molecule has 0 radical (unpaired) electrons. The molecule has 1 aromatic heterocycles. The van der Waals surface area contributed by atoms with Crippen LogP contribution in [-0.2, 0) is 5.41 Å². The molecule has 1 heterocycles. The molecule has 0 fully saturated rings. The van der Waals surface area contributed by atoms with Crippen LogP contribution in [0.1, 0.15) is 25.0 Å². The molecule has 10 rings (SSSR count). The first-order valence-electron chi connectivity index (χ1n) is 17.0. The third-order valence-corrected chi connectivity index (χ3v) is 11.9. The normalized spacial score (nSPS) is 13.3. The molecule has 0 aliphatic heterocycles. The second-order valence-corrected chi connectivity index (χ2v) is 14.7. The van der Waals surface area contributed by atoms with Gasteiger partial charge in [0.1, 0.15) is 0 Å². The second-order valence-electron chi connectivity index (χ2n) is 13.7. The molecule has 1 aliphatic carbocycles. The Kier molecular flexibility index (Phi) is 6.16. The molecule has 0 spiro atoms. The minimum absolute atomic E-state index is 0.103. The van der Waals surface area contributed by atoms with Crippen molar-refractivity contribution in [2.75, 3.05) is 4.90 Å². The summed E-state index contributed by atoms with van der Waals surface area (Å²) in [6.45, 7) is 4.73. The molecule has 1 aliphatic rings. The fourth-order valence-corrected chi connectivity index (χ4v) is 9.58. The Balaban J connectivity index is 1.27. The fourth-order valence-electron chi connectivity index (χ4n) is 8.30. The van der Waals surface area contributed by atoms with Gasteiger partial charge in [0, 0.05) is 47.6 Å². The van der Waals surface area contributed by atoms with Gasteiger partial charge in [-0.05, 0) is 68.9 Å². The molecule has 0 N–H and O–H groups in total. The standard InChI is InChI=1S/C47H33NS/c1-47(2)40-19-9-6-16-34(40)35-28-25-32(29-41(35)47)48(42-20-10-7-15-33(42)30-13-4-3-5-14-30)43-21-12-18-38-36(43)26-23-31-24-27-39-37-17-8-11-22-44(37)49-46(39)45(31)38/h3-29H,1-2H3. The number of benzene rings is 8. The Labute approximate surface area is 290 Å². The van der Waals surface area contributed by atoms with Crippen LogP contribution in [0.4, 0.5) is 17.1 Å². The zero-order valence-electron chi connectivity index (χ0n) is 27.4. The van der Waals surface area contributed by atoms with Crippen LogP contribution >= 0.6 is 11.3 Å². The summed E-state index contributed by atoms with van der Waals surface area (Å²) in [6.07, 6.45) is 0. The van der Waals surface area contributed by atoms with Gasteiger partial charge in [0.2, 0.25) is 0 Å². The van der Waals surface area contributed by atoms with Gasteiger partial charge in [-0.25, -0.2) is 0 Å². The van der Waals surface area contributed by atoms with Gasteiger partial charge in [0.15, 0.2) is 0 Å². The van der Waals surface area contributed by atoms with Gasteiger partial charge in [0.05, 0.1) is 11.4 Å². The van der Waals surface area contributed by atoms with Crippen molar-refractivity contribution in [1.82, 2.24) is 0 Å². The number of hydrogen-bond donors (Lipinski definition) is 0. The van der Waals surface area contributed by atoms with Crippen molar-refractivity contribution in [2.45, 2.75) is 19.3 Å². The number of rotatable bonds is 4. The van der Waals surface area contributed by atoms with Crippen molar-refractivity contribution in [3.8, 4) is 22.3 Å². The monoisotopic (exact) mass is 643 g/mol. The molecule has 0 saturated heterocycles. The fraction of sp³-hybridized carbons (Fsp3) is 0.0638. The van der Waals surface area contributed by atoms with E-state index in [0.29, 0.717) is 0 Å². The largest absolute Gasteiger partial charge is 0.309 e. The summed E-state index contributed by atoms with van der Waals surface area (Å²) in [7, 11) is 0. The predicted octanol–water partition coefficient (Wildman–Crippen LogP) is 13.8. The summed E-state index contributed by atoms with van der Waals surface area (Å²) < 4.78 is 2.69. The van der Waals surface area contributed by atoms with Gasteiger partial charge in [-0.1, -0.05) is 147 Å². The third-order valence-electron chi connectivity index (χ3n) is 10.7. The number of fused-ring (bicyclic) bond motifs is 10. The van der Waals surface area contributed by atoms with Crippen molar-refractivity contribution in [1.29, 1.82) is 0 Å². The highest BCUT2D eigenvalue weighted by atomic mass is 32.1. The van der Waals surface area contributed by atoms with Crippen molar-refractivity contribution in [3.63, 3.8) is 0 Å². The Morgan fingerprint density at radius 3 is 2.02 bits per heavy atom. The van der Waals surface area contributed by atoms with E-state index in [1.807, 2.05) is 11.3 Å². The van der Waals surface area contributed by atoms with Crippen LogP contribution in [0, 0.1) is 0 Å². The highest BCUT2D eigenvalue weighted by Gasteiger charge is 2.36. The molecular weight excluding hydrogens is 611 g/mol. The van der Waals surface area contributed by atoms with Gasteiger partial charge in [-0.2, -0.15) is 0 Å². The topological polar surface area (TPSA) is 3.24 Å². The van der Waals surface area contributed by atoms with E-state index in [2.05, 4.69) is 183 Å². The van der Waals surface area contributed by atoms with Crippen molar-refractivity contribution >= 4 is 70.1 Å². The van der Waals surface area contributed by atoms with Gasteiger partial charge < -0.3 is 4.90 Å². The summed E-state index contributed by atoms with van der Waals surface area (Å²) in [5.74, 6) is 0. The maximum absolute atomic E-state index is 2.50. The molecule has 0 unspecified atom stereocenters. The van der Waals surface area contributed by atoms with Crippen LogP contribution in [0.2, 0.25) is 0 Å². The summed E-state index contributed by atoms with van der Waals surface area (Å²) in [5.41, 5.74) is 11.2. The lowest BCUT2D eigenvalue weighted by Crippen LogP contribution is -2.17. The zero-order chi connectivity index (χ0) is 32.7. The summed E-state index contributed by atoms with van der Waals surface area (Å²) >= 11 is 1.91. The van der Waals surface area contributed by atoms with E-state index in [1.54, 1.807) is 0 Å². The molecule has 49 heavy (non-hydrogen) atoms. The molecule has 0 amide bonds. The SMILES string of the molecule is CC1(C)c2ccccc2-c2ccc(N(c3ccccc3-c3ccccc3)c3cccc4c3ccc3ccc5c6ccccc6sc5c34)cc21. The third kappa shape index (κ3) is 4.17. The first-order chi connectivity index (χ1) is 24.1. The lowest BCUT2D eigenvalue weighted by molar-refractivity contribution is 0.660. The minimum atomic E-state index is -0.103. The molecule has 232 valence electrons. The second kappa shape index (κ2) is 10.7. The lowest BCUT2D eigenvalue weighted by Gasteiger charge is -2.31. The number of anilines is 3. The van der Waals surface area contributed by atoms with E-state index in [4.69, 9.17) is 0 Å². The molecule has 2 heteroatoms. The van der Waals surface area contributed by atoms with Crippen LogP contribution < -0.4 is 4.90 Å². The van der Waals surface area contributed by atoms with Gasteiger partial charge >= 0.3 is 0 Å². The smallest absolute Gasteiger partial charge is 0.0540 e. The van der Waals surface area contributed by atoms with Crippen LogP contribution in [0.3, 0.4) is 0 Å². The van der Waals surface area contributed by atoms with Gasteiger partial charge in [-0.15, -0.1) is 11.3 Å². The molecule has 8 aromatic carbocycles. The van der Waals surface area contributed by atoms with Crippen LogP contribution in [0.15, 0.2) is 164 Å². The summed E-state index contributed by atoms with van der Waals surface area (Å²) in [4.78, 5) is 2.50. The van der Waals surface area contributed by atoms with E-state index in [-0.39, 0.29) is 5.41 Å². The quantitative estimate of drug-likeness (QED) is 0.173. The first-order valence-corrected chi connectivity index (χ1v) is 17.8. The van der Waals surface area contributed by atoms with Gasteiger partial charge in [0.25, 0.3) is 0 Å². The average molecular weight is 644 g/mol. The van der Waals surface area contributed by atoms with Crippen LogP contribution in [-0.4, -0.2) is 0 Å². The van der Waals surface area contributed by atoms with E-state index < -0.39 is 0 Å². The van der Waals surface area contributed by atoms with Crippen molar-refractivity contribution in [3.05, 3.63) is 175 Å². The van der Waals surface area contributed by atoms with Crippen LogP contribution in [0.5, 0.6) is 0 Å². The maximum atomic E-state index is 2.50. The first kappa shape index (κ1) is 28.3. The Hall–Kier alpha value is -5.70. The van der Waals surface area contributed by atoms with E-state index in [9.17, 15) is 0 Å². The van der Waals surface area contributed by atoms with Crippen LogP contribution in [0.25, 0.3) is 64.0 Å². The van der Waals surface area contributed by atoms with E-state index >= 15 is 0 Å². The lowest BCUT2D eigenvalue weighted by atomic mass is 9.82. The molecular formula is C47H33NS. The maximum Gasteiger partial charge on any atom is 0.0540 e. The zero-order valence-corrected chi connectivity index (χ0v) is 28.3. The van der Waals surface area contributed by atoms with Crippen molar-refractivity contribution in [2.24, 2.45) is 0 Å². The van der Waals surface area contributed by atoms with Crippen molar-refractivity contribution < 1.29 is 0 Å².